The van der Waals surface area contributed by atoms with E-state index in [1.165, 1.54) is 38.5 Å². The van der Waals surface area contributed by atoms with Gasteiger partial charge in [-0.3, -0.25) is 4.99 Å². The van der Waals surface area contributed by atoms with Crippen LogP contribution < -0.4 is 11.3 Å². The topological polar surface area (TPSA) is 59.6 Å². The number of hydrazine groups is 1. The molecule has 0 aromatic heterocycles. The van der Waals surface area contributed by atoms with Gasteiger partial charge in [-0.2, -0.15) is 0 Å². The van der Waals surface area contributed by atoms with Crippen molar-refractivity contribution in [2.24, 2.45) is 10.8 Å². The van der Waals surface area contributed by atoms with Gasteiger partial charge in [-0.05, 0) is 19.8 Å². The third-order valence-corrected chi connectivity index (χ3v) is 3.02. The summed E-state index contributed by atoms with van der Waals surface area (Å²) in [5, 5.41) is 0. The normalized spacial score (nSPS) is 19.5. The Kier molecular flexibility index (Phi) is 7.17. The number of aliphatic imine (C=N–C) groups is 1. The molecular weight excluding hydrogens is 202 g/mol. The van der Waals surface area contributed by atoms with Gasteiger partial charge in [-0.1, -0.05) is 25.7 Å². The van der Waals surface area contributed by atoms with Gasteiger partial charge in [-0.25, -0.2) is 5.84 Å². The van der Waals surface area contributed by atoms with E-state index in [4.69, 9.17) is 10.6 Å². The zero-order chi connectivity index (χ0) is 11.6. The number of nitrogens with one attached hydrogen (secondary N) is 1. The summed E-state index contributed by atoms with van der Waals surface area (Å²) in [6.07, 6.45) is 8.53. The summed E-state index contributed by atoms with van der Waals surface area (Å²) < 4.78 is 5.30. The number of nitrogens with zero attached hydrogens (tertiary/aromatic N) is 1. The average Bonchev–Trinajstić information content (AvgIpc) is 2.56. The standard InChI is InChI=1S/C12H25N3O/c1-2-16-10-9-12(15-13)14-11-7-5-3-4-6-8-11/h11H,2-10,13H2,1H3,(H,14,15). The van der Waals surface area contributed by atoms with Crippen molar-refractivity contribution in [3.63, 3.8) is 0 Å². The molecule has 0 radical (unpaired) electrons. The second-order valence-electron chi connectivity index (χ2n) is 4.31. The molecule has 1 saturated carbocycles. The molecule has 0 spiro atoms. The predicted molar refractivity (Wildman–Crippen MR) is 67.4 cm³/mol. The summed E-state index contributed by atoms with van der Waals surface area (Å²) in [5.41, 5.74) is 2.70. The molecular formula is C12H25N3O. The Morgan fingerprint density at radius 3 is 2.56 bits per heavy atom. The molecule has 16 heavy (non-hydrogen) atoms. The summed E-state index contributed by atoms with van der Waals surface area (Å²) in [7, 11) is 0. The lowest BCUT2D eigenvalue weighted by Crippen LogP contribution is -2.32. The number of amidine groups is 1. The Bertz CT molecular complexity index is 198. The molecule has 4 heteroatoms. The van der Waals surface area contributed by atoms with Crippen LogP contribution >= 0.6 is 0 Å². The third kappa shape index (κ3) is 5.47. The number of ether oxygens (including phenoxy) is 1. The van der Waals surface area contributed by atoms with Crippen LogP contribution in [0.5, 0.6) is 0 Å². The van der Waals surface area contributed by atoms with Crippen molar-refractivity contribution < 1.29 is 4.74 Å². The first-order valence-corrected chi connectivity index (χ1v) is 6.47. The fourth-order valence-electron chi connectivity index (χ4n) is 2.09. The van der Waals surface area contributed by atoms with Crippen LogP contribution in [0.15, 0.2) is 4.99 Å². The molecule has 4 nitrogen and oxygen atoms in total. The van der Waals surface area contributed by atoms with E-state index in [0.29, 0.717) is 12.6 Å². The van der Waals surface area contributed by atoms with Gasteiger partial charge in [0.25, 0.3) is 0 Å². The van der Waals surface area contributed by atoms with E-state index in [-0.39, 0.29) is 0 Å². The summed E-state index contributed by atoms with van der Waals surface area (Å²) in [6.45, 7) is 3.45. The van der Waals surface area contributed by atoms with Crippen molar-refractivity contribution in [3.05, 3.63) is 0 Å². The number of rotatable bonds is 5. The monoisotopic (exact) mass is 227 g/mol. The van der Waals surface area contributed by atoms with Crippen molar-refractivity contribution in [3.8, 4) is 0 Å². The molecule has 0 bridgehead atoms. The molecule has 1 fully saturated rings. The van der Waals surface area contributed by atoms with Crippen molar-refractivity contribution in [1.29, 1.82) is 0 Å². The van der Waals surface area contributed by atoms with Crippen molar-refractivity contribution in [2.75, 3.05) is 13.2 Å². The Morgan fingerprint density at radius 1 is 1.31 bits per heavy atom. The lowest BCUT2D eigenvalue weighted by Gasteiger charge is -2.12. The highest BCUT2D eigenvalue weighted by atomic mass is 16.5. The molecule has 0 heterocycles. The number of hydrogen-bond acceptors (Lipinski definition) is 3. The Morgan fingerprint density at radius 2 is 2.00 bits per heavy atom. The van der Waals surface area contributed by atoms with Gasteiger partial charge in [0, 0.05) is 13.0 Å². The smallest absolute Gasteiger partial charge is 0.113 e. The predicted octanol–water partition coefficient (Wildman–Crippen LogP) is 2.00. The molecule has 0 atom stereocenters. The minimum atomic E-state index is 0.468. The summed E-state index contributed by atoms with van der Waals surface area (Å²) >= 11 is 0. The fraction of sp³-hybridized carbons (Fsp3) is 0.917. The molecule has 94 valence electrons. The number of nitrogens with two attached hydrogens (primary N) is 1. The zero-order valence-electron chi connectivity index (χ0n) is 10.4. The van der Waals surface area contributed by atoms with E-state index in [9.17, 15) is 0 Å². The largest absolute Gasteiger partial charge is 0.381 e. The van der Waals surface area contributed by atoms with Crippen LogP contribution in [0.1, 0.15) is 51.9 Å². The van der Waals surface area contributed by atoms with Crippen LogP contribution in [0.2, 0.25) is 0 Å². The maximum atomic E-state index is 5.47. The lowest BCUT2D eigenvalue weighted by atomic mass is 10.1. The lowest BCUT2D eigenvalue weighted by molar-refractivity contribution is 0.154. The minimum absolute atomic E-state index is 0.468. The maximum Gasteiger partial charge on any atom is 0.113 e. The molecule has 1 rings (SSSR count). The van der Waals surface area contributed by atoms with Crippen molar-refractivity contribution in [2.45, 2.75) is 57.9 Å². The fourth-order valence-corrected chi connectivity index (χ4v) is 2.09. The van der Waals surface area contributed by atoms with Crippen LogP contribution in [0.3, 0.4) is 0 Å². The first kappa shape index (κ1) is 13.5. The highest BCUT2D eigenvalue weighted by Crippen LogP contribution is 2.19. The van der Waals surface area contributed by atoms with Crippen LogP contribution in [-0.4, -0.2) is 25.1 Å². The van der Waals surface area contributed by atoms with E-state index in [2.05, 4.69) is 10.4 Å². The average molecular weight is 227 g/mol. The molecule has 3 N–H and O–H groups in total. The van der Waals surface area contributed by atoms with Crippen LogP contribution in [0.4, 0.5) is 0 Å². The van der Waals surface area contributed by atoms with E-state index < -0.39 is 0 Å². The molecule has 0 amide bonds. The van der Waals surface area contributed by atoms with Gasteiger partial charge in [0.2, 0.25) is 0 Å². The van der Waals surface area contributed by atoms with Crippen LogP contribution in [0.25, 0.3) is 0 Å². The van der Waals surface area contributed by atoms with Crippen molar-refractivity contribution >= 4 is 5.84 Å². The van der Waals surface area contributed by atoms with E-state index in [0.717, 1.165) is 18.9 Å². The molecule has 0 saturated heterocycles. The Hall–Kier alpha value is -0.610. The first-order valence-electron chi connectivity index (χ1n) is 6.47. The third-order valence-electron chi connectivity index (χ3n) is 3.02. The van der Waals surface area contributed by atoms with Gasteiger partial charge in [0.05, 0.1) is 12.6 Å². The van der Waals surface area contributed by atoms with E-state index in [1.807, 2.05) is 6.92 Å². The maximum absolute atomic E-state index is 5.47. The highest BCUT2D eigenvalue weighted by molar-refractivity contribution is 5.81. The minimum Gasteiger partial charge on any atom is -0.381 e. The molecule has 0 aromatic carbocycles. The highest BCUT2D eigenvalue weighted by Gasteiger charge is 2.11. The molecule has 0 aliphatic heterocycles. The molecule has 1 aliphatic rings. The summed E-state index contributed by atoms with van der Waals surface area (Å²) in [6, 6.07) is 0.468. The van der Waals surface area contributed by atoms with Crippen LogP contribution in [0, 0.1) is 0 Å². The molecule has 0 aromatic rings. The van der Waals surface area contributed by atoms with Crippen LogP contribution in [-0.2, 0) is 4.74 Å². The van der Waals surface area contributed by atoms with Gasteiger partial charge in [0.1, 0.15) is 5.84 Å². The second-order valence-corrected chi connectivity index (χ2v) is 4.31. The SMILES string of the molecule is CCOCCC(=NC1CCCCCC1)NN. The zero-order valence-corrected chi connectivity index (χ0v) is 10.4. The Labute approximate surface area is 98.6 Å². The number of hydrogen-bond donors (Lipinski definition) is 2. The molecule has 1 aliphatic carbocycles. The van der Waals surface area contributed by atoms with Gasteiger partial charge in [-0.15, -0.1) is 0 Å². The van der Waals surface area contributed by atoms with E-state index >= 15 is 0 Å². The van der Waals surface area contributed by atoms with Crippen molar-refractivity contribution in [1.82, 2.24) is 5.43 Å². The van der Waals surface area contributed by atoms with Gasteiger partial charge < -0.3 is 10.2 Å². The molecule has 0 unspecified atom stereocenters. The first-order chi connectivity index (χ1) is 7.86. The van der Waals surface area contributed by atoms with Gasteiger partial charge in [0.15, 0.2) is 0 Å². The second kappa shape index (κ2) is 8.53. The van der Waals surface area contributed by atoms with E-state index in [1.54, 1.807) is 0 Å². The Balaban J connectivity index is 2.36. The quantitative estimate of drug-likeness (QED) is 0.189. The summed E-state index contributed by atoms with van der Waals surface area (Å²) in [4.78, 5) is 4.69. The summed E-state index contributed by atoms with van der Waals surface area (Å²) in [5.74, 6) is 6.36. The van der Waals surface area contributed by atoms with Gasteiger partial charge >= 0.3 is 0 Å².